The van der Waals surface area contributed by atoms with Crippen molar-refractivity contribution in [2.24, 2.45) is 0 Å². The number of hydrogen-bond donors (Lipinski definition) is 1. The topological polar surface area (TPSA) is 95.2 Å². The summed E-state index contributed by atoms with van der Waals surface area (Å²) in [7, 11) is 0. The Hall–Kier alpha value is -2.37. The maximum Gasteiger partial charge on any atom is 0.270 e. The van der Waals surface area contributed by atoms with Gasteiger partial charge in [-0.3, -0.25) is 10.1 Å². The van der Waals surface area contributed by atoms with E-state index in [0.29, 0.717) is 17.7 Å². The molecule has 0 amide bonds. The molecule has 0 radical (unpaired) electrons. The highest BCUT2D eigenvalue weighted by molar-refractivity contribution is 5.68. The lowest BCUT2D eigenvalue weighted by Gasteiger charge is -1.99. The van der Waals surface area contributed by atoms with Gasteiger partial charge in [0.25, 0.3) is 5.69 Å². The molecule has 17 heavy (non-hydrogen) atoms. The minimum Gasteiger partial charge on any atom is -0.367 e. The number of nitrogens with zero attached hydrogens (tertiary/aromatic N) is 2. The molecule has 1 aromatic carbocycles. The fraction of sp³-hybridized carbons (Fsp3) is 0.182. The molecule has 0 bridgehead atoms. The molecule has 0 aliphatic rings. The summed E-state index contributed by atoms with van der Waals surface area (Å²) in [5.41, 5.74) is 7.61. The summed E-state index contributed by atoms with van der Waals surface area (Å²) in [6.45, 7) is 1.92. The van der Waals surface area contributed by atoms with E-state index in [0.717, 1.165) is 5.56 Å². The van der Waals surface area contributed by atoms with Crippen LogP contribution in [0.3, 0.4) is 0 Å². The number of hydrogen-bond acceptors (Lipinski definition) is 5. The van der Waals surface area contributed by atoms with Crippen LogP contribution in [-0.4, -0.2) is 10.1 Å². The van der Waals surface area contributed by atoms with Gasteiger partial charge in [-0.05, 0) is 6.42 Å². The first kappa shape index (κ1) is 11.1. The Labute approximate surface area is 97.2 Å². The third-order valence-electron chi connectivity index (χ3n) is 2.50. The van der Waals surface area contributed by atoms with E-state index in [-0.39, 0.29) is 11.6 Å². The van der Waals surface area contributed by atoms with Crippen LogP contribution in [0.25, 0.3) is 11.3 Å². The van der Waals surface area contributed by atoms with Crippen molar-refractivity contribution in [3.63, 3.8) is 0 Å². The van der Waals surface area contributed by atoms with E-state index in [2.05, 4.69) is 5.16 Å². The first-order valence-corrected chi connectivity index (χ1v) is 5.12. The van der Waals surface area contributed by atoms with Gasteiger partial charge in [-0.25, -0.2) is 0 Å². The molecule has 88 valence electrons. The maximum absolute atomic E-state index is 10.7. The van der Waals surface area contributed by atoms with Crippen molar-refractivity contribution in [1.82, 2.24) is 5.16 Å². The van der Waals surface area contributed by atoms with Gasteiger partial charge in [0, 0.05) is 23.3 Å². The molecule has 1 heterocycles. The van der Waals surface area contributed by atoms with Crippen LogP contribution in [-0.2, 0) is 6.42 Å². The predicted octanol–water partition coefficient (Wildman–Crippen LogP) is 2.39. The van der Waals surface area contributed by atoms with Gasteiger partial charge >= 0.3 is 0 Å². The number of anilines is 1. The highest BCUT2D eigenvalue weighted by Gasteiger charge is 2.15. The quantitative estimate of drug-likeness (QED) is 0.648. The number of aromatic nitrogens is 1. The minimum absolute atomic E-state index is 0.0196. The number of rotatable bonds is 3. The molecule has 2 rings (SSSR count). The average Bonchev–Trinajstić information content (AvgIpc) is 2.70. The summed E-state index contributed by atoms with van der Waals surface area (Å²) in [4.78, 5) is 10.2. The Bertz CT molecular complexity index is 563. The largest absolute Gasteiger partial charge is 0.367 e. The van der Waals surface area contributed by atoms with Crippen molar-refractivity contribution in [3.8, 4) is 11.3 Å². The second-order valence-electron chi connectivity index (χ2n) is 3.53. The lowest BCUT2D eigenvalue weighted by atomic mass is 10.1. The van der Waals surface area contributed by atoms with Gasteiger partial charge in [-0.15, -0.1) is 0 Å². The molecule has 1 aromatic heterocycles. The van der Waals surface area contributed by atoms with Crippen molar-refractivity contribution in [3.05, 3.63) is 39.9 Å². The van der Waals surface area contributed by atoms with Crippen LogP contribution in [0, 0.1) is 10.1 Å². The zero-order chi connectivity index (χ0) is 12.4. The Morgan fingerprint density at radius 3 is 2.94 bits per heavy atom. The summed E-state index contributed by atoms with van der Waals surface area (Å²) in [5, 5.41) is 14.5. The third kappa shape index (κ3) is 1.96. The standard InChI is InChI=1S/C11H11N3O3/c1-2-9-10(13-17-11(9)12)7-4-3-5-8(6-7)14(15)16/h3-6H,2,12H2,1H3. The predicted molar refractivity (Wildman–Crippen MR) is 62.4 cm³/mol. The molecule has 2 aromatic rings. The second-order valence-corrected chi connectivity index (χ2v) is 3.53. The number of non-ortho nitro benzene ring substituents is 1. The molecule has 2 N–H and O–H groups in total. The van der Waals surface area contributed by atoms with Gasteiger partial charge in [0.15, 0.2) is 0 Å². The van der Waals surface area contributed by atoms with Crippen molar-refractivity contribution in [1.29, 1.82) is 0 Å². The van der Waals surface area contributed by atoms with Crippen LogP contribution < -0.4 is 5.73 Å². The highest BCUT2D eigenvalue weighted by Crippen LogP contribution is 2.29. The molecule has 0 saturated heterocycles. The SMILES string of the molecule is CCc1c(-c2cccc([N+](=O)[O-])c2)noc1N. The zero-order valence-electron chi connectivity index (χ0n) is 9.21. The third-order valence-corrected chi connectivity index (χ3v) is 2.50. The minimum atomic E-state index is -0.446. The van der Waals surface area contributed by atoms with Gasteiger partial charge in [-0.1, -0.05) is 24.2 Å². The monoisotopic (exact) mass is 233 g/mol. The summed E-state index contributed by atoms with van der Waals surface area (Å²) in [6, 6.07) is 6.23. The van der Waals surface area contributed by atoms with Gasteiger partial charge < -0.3 is 10.3 Å². The molecule has 6 nitrogen and oxygen atoms in total. The first-order valence-electron chi connectivity index (χ1n) is 5.12. The van der Waals surface area contributed by atoms with Crippen LogP contribution in [0.4, 0.5) is 11.6 Å². The van der Waals surface area contributed by atoms with Gasteiger partial charge in [0.05, 0.1) is 4.92 Å². The van der Waals surface area contributed by atoms with Crippen LogP contribution >= 0.6 is 0 Å². The van der Waals surface area contributed by atoms with Gasteiger partial charge in [-0.2, -0.15) is 0 Å². The number of nitrogens with two attached hydrogens (primary N) is 1. The van der Waals surface area contributed by atoms with E-state index in [1.807, 2.05) is 6.92 Å². The average molecular weight is 233 g/mol. The van der Waals surface area contributed by atoms with E-state index < -0.39 is 4.92 Å². The summed E-state index contributed by atoms with van der Waals surface area (Å²) < 4.78 is 4.90. The van der Waals surface area contributed by atoms with E-state index in [1.165, 1.54) is 12.1 Å². The van der Waals surface area contributed by atoms with Crippen molar-refractivity contribution >= 4 is 11.6 Å². The fourth-order valence-electron chi connectivity index (χ4n) is 1.66. The van der Waals surface area contributed by atoms with Crippen molar-refractivity contribution in [2.75, 3.05) is 5.73 Å². The molecule has 0 spiro atoms. The first-order chi connectivity index (χ1) is 8.13. The Balaban J connectivity index is 2.52. The summed E-state index contributed by atoms with van der Waals surface area (Å²) >= 11 is 0. The molecule has 6 heteroatoms. The summed E-state index contributed by atoms with van der Waals surface area (Å²) in [5.74, 6) is 0.258. The van der Waals surface area contributed by atoms with E-state index in [9.17, 15) is 10.1 Å². The van der Waals surface area contributed by atoms with Gasteiger partial charge in [0.2, 0.25) is 5.88 Å². The smallest absolute Gasteiger partial charge is 0.270 e. The molecular weight excluding hydrogens is 222 g/mol. The number of nitro benzene ring substituents is 1. The normalized spacial score (nSPS) is 10.4. The lowest BCUT2D eigenvalue weighted by molar-refractivity contribution is -0.384. The molecule has 0 aliphatic heterocycles. The molecule has 0 saturated carbocycles. The van der Waals surface area contributed by atoms with Crippen LogP contribution in [0.1, 0.15) is 12.5 Å². The van der Waals surface area contributed by atoms with Crippen LogP contribution in [0.15, 0.2) is 28.8 Å². The van der Waals surface area contributed by atoms with Crippen LogP contribution in [0.5, 0.6) is 0 Å². The number of benzene rings is 1. The van der Waals surface area contributed by atoms with Crippen molar-refractivity contribution in [2.45, 2.75) is 13.3 Å². The molecular formula is C11H11N3O3. The Morgan fingerprint density at radius 2 is 2.29 bits per heavy atom. The zero-order valence-corrected chi connectivity index (χ0v) is 9.21. The maximum atomic E-state index is 10.7. The summed E-state index contributed by atoms with van der Waals surface area (Å²) in [6.07, 6.45) is 0.660. The molecule has 0 aliphatic carbocycles. The fourth-order valence-corrected chi connectivity index (χ4v) is 1.66. The molecule has 0 unspecified atom stereocenters. The van der Waals surface area contributed by atoms with E-state index >= 15 is 0 Å². The van der Waals surface area contributed by atoms with E-state index in [4.69, 9.17) is 10.3 Å². The molecule has 0 fully saturated rings. The van der Waals surface area contributed by atoms with Crippen LogP contribution in [0.2, 0.25) is 0 Å². The molecule has 0 atom stereocenters. The Kier molecular flexibility index (Phi) is 2.78. The number of nitrogen functional groups attached to an aromatic ring is 1. The lowest BCUT2D eigenvalue weighted by Crippen LogP contribution is -1.91. The van der Waals surface area contributed by atoms with Crippen molar-refractivity contribution < 1.29 is 9.45 Å². The van der Waals surface area contributed by atoms with Gasteiger partial charge in [0.1, 0.15) is 5.69 Å². The second kappa shape index (κ2) is 4.25. The highest BCUT2D eigenvalue weighted by atomic mass is 16.6. The van der Waals surface area contributed by atoms with E-state index in [1.54, 1.807) is 12.1 Å². The Morgan fingerprint density at radius 1 is 1.53 bits per heavy atom. The number of nitro groups is 1.